The molecule has 2 heteroatoms. The van der Waals surface area contributed by atoms with E-state index in [2.05, 4.69) is 13.5 Å². The third-order valence-corrected chi connectivity index (χ3v) is 1.47. The summed E-state index contributed by atoms with van der Waals surface area (Å²) in [6.07, 6.45) is 4.87. The van der Waals surface area contributed by atoms with Crippen molar-refractivity contribution in [3.05, 3.63) is 12.2 Å². The molecular weight excluding hydrogens is 140 g/mol. The van der Waals surface area contributed by atoms with Crippen LogP contribution >= 0.6 is 0 Å². The lowest BCUT2D eigenvalue weighted by atomic mass is 10.1. The zero-order valence-electron chi connectivity index (χ0n) is 6.85. The topological polar surface area (TPSA) is 34.1 Å². The van der Waals surface area contributed by atoms with Gasteiger partial charge in [0.15, 0.2) is 5.78 Å². The van der Waals surface area contributed by atoms with Gasteiger partial charge in [-0.25, -0.2) is 0 Å². The summed E-state index contributed by atoms with van der Waals surface area (Å²) in [5.74, 6) is -0.173. The molecule has 0 rings (SSSR count). The maximum absolute atomic E-state index is 10.9. The van der Waals surface area contributed by atoms with Gasteiger partial charge in [0, 0.05) is 6.42 Å². The van der Waals surface area contributed by atoms with Gasteiger partial charge in [0.25, 0.3) is 0 Å². The first kappa shape index (κ1) is 10.1. The molecule has 1 radical (unpaired) electrons. The second-order valence-electron chi connectivity index (χ2n) is 2.46. The second-order valence-corrected chi connectivity index (χ2v) is 2.46. The fourth-order valence-corrected chi connectivity index (χ4v) is 0.743. The average molecular weight is 153 g/mol. The molecule has 11 heavy (non-hydrogen) atoms. The van der Waals surface area contributed by atoms with Crippen LogP contribution in [0.3, 0.4) is 0 Å². The van der Waals surface area contributed by atoms with Crippen molar-refractivity contribution in [3.63, 3.8) is 0 Å². The predicted octanol–water partition coefficient (Wildman–Crippen LogP) is 1.80. The molecular formula is C9H13O2. The Kier molecular flexibility index (Phi) is 5.35. The second kappa shape index (κ2) is 5.83. The zero-order valence-corrected chi connectivity index (χ0v) is 6.85. The SMILES string of the molecule is C=C([C]=O)C(=O)CCCCC. The number of ketones is 1. The monoisotopic (exact) mass is 153 g/mol. The fourth-order valence-electron chi connectivity index (χ4n) is 0.743. The number of Topliss-reactive ketones (excluding diaryl/α,β-unsaturated/α-hetero) is 1. The number of carbonyl (C=O) groups excluding carboxylic acids is 2. The van der Waals surface area contributed by atoms with Gasteiger partial charge in [-0.1, -0.05) is 26.3 Å². The van der Waals surface area contributed by atoms with E-state index in [0.717, 1.165) is 19.3 Å². The van der Waals surface area contributed by atoms with Crippen molar-refractivity contribution in [3.8, 4) is 0 Å². The maximum Gasteiger partial charge on any atom is 0.236 e. The highest BCUT2D eigenvalue weighted by Gasteiger charge is 2.04. The quantitative estimate of drug-likeness (QED) is 0.252. The highest BCUT2D eigenvalue weighted by atomic mass is 16.1. The molecule has 0 aromatic carbocycles. The highest BCUT2D eigenvalue weighted by molar-refractivity contribution is 6.11. The first-order chi connectivity index (χ1) is 5.22. The summed E-state index contributed by atoms with van der Waals surface area (Å²) in [4.78, 5) is 20.8. The van der Waals surface area contributed by atoms with Crippen molar-refractivity contribution >= 4 is 12.1 Å². The smallest absolute Gasteiger partial charge is 0.236 e. The fraction of sp³-hybridized carbons (Fsp3) is 0.556. The molecule has 0 amide bonds. The first-order valence-electron chi connectivity index (χ1n) is 3.82. The Hall–Kier alpha value is -0.920. The molecule has 61 valence electrons. The molecule has 0 N–H and O–H groups in total. The van der Waals surface area contributed by atoms with Gasteiger partial charge in [0.2, 0.25) is 6.29 Å². The van der Waals surface area contributed by atoms with E-state index in [4.69, 9.17) is 0 Å². The van der Waals surface area contributed by atoms with Crippen molar-refractivity contribution in [2.24, 2.45) is 0 Å². The van der Waals surface area contributed by atoms with Crippen LogP contribution in [0.1, 0.15) is 32.6 Å². The van der Waals surface area contributed by atoms with Crippen molar-refractivity contribution in [1.82, 2.24) is 0 Å². The lowest BCUT2D eigenvalue weighted by Crippen LogP contribution is -2.01. The van der Waals surface area contributed by atoms with E-state index in [1.165, 1.54) is 6.29 Å². The summed E-state index contributed by atoms with van der Waals surface area (Å²) in [6.45, 7) is 5.34. The Labute approximate surface area is 67.3 Å². The highest BCUT2D eigenvalue weighted by Crippen LogP contribution is 2.02. The van der Waals surface area contributed by atoms with Crippen molar-refractivity contribution < 1.29 is 9.59 Å². The van der Waals surface area contributed by atoms with Gasteiger partial charge in [-0.3, -0.25) is 9.59 Å². The van der Waals surface area contributed by atoms with Crippen LogP contribution in [-0.4, -0.2) is 12.1 Å². The lowest BCUT2D eigenvalue weighted by molar-refractivity contribution is -0.115. The van der Waals surface area contributed by atoms with Crippen LogP contribution in [0.5, 0.6) is 0 Å². The Morgan fingerprint density at radius 2 is 2.09 bits per heavy atom. The Morgan fingerprint density at radius 1 is 1.45 bits per heavy atom. The summed E-state index contributed by atoms with van der Waals surface area (Å²) in [5, 5.41) is 0. The van der Waals surface area contributed by atoms with E-state index in [0.29, 0.717) is 6.42 Å². The third-order valence-electron chi connectivity index (χ3n) is 1.47. The van der Waals surface area contributed by atoms with Crippen molar-refractivity contribution in [2.75, 3.05) is 0 Å². The van der Waals surface area contributed by atoms with Gasteiger partial charge >= 0.3 is 0 Å². The molecule has 0 aliphatic heterocycles. The molecule has 2 nitrogen and oxygen atoms in total. The molecule has 0 aliphatic rings. The Morgan fingerprint density at radius 3 is 2.55 bits per heavy atom. The lowest BCUT2D eigenvalue weighted by Gasteiger charge is -1.95. The third kappa shape index (κ3) is 4.48. The van der Waals surface area contributed by atoms with Crippen molar-refractivity contribution in [2.45, 2.75) is 32.6 Å². The summed E-state index contributed by atoms with van der Waals surface area (Å²) in [6, 6.07) is 0. The van der Waals surface area contributed by atoms with Crippen LogP contribution < -0.4 is 0 Å². The van der Waals surface area contributed by atoms with E-state index in [9.17, 15) is 9.59 Å². The molecule has 0 fully saturated rings. The van der Waals surface area contributed by atoms with Crippen LogP contribution in [0.15, 0.2) is 12.2 Å². The van der Waals surface area contributed by atoms with E-state index in [1.807, 2.05) is 0 Å². The molecule has 0 aromatic heterocycles. The number of hydrogen-bond acceptors (Lipinski definition) is 2. The van der Waals surface area contributed by atoms with Gasteiger partial charge in [-0.2, -0.15) is 0 Å². The average Bonchev–Trinajstić information content (AvgIpc) is 2.03. The molecule has 0 spiro atoms. The minimum absolute atomic E-state index is 0.0268. The molecule has 0 saturated carbocycles. The van der Waals surface area contributed by atoms with E-state index in [1.54, 1.807) is 0 Å². The standard InChI is InChI=1S/C9H13O2/c1-3-4-5-6-9(11)8(2)7-10/h2-6H2,1H3. The Balaban J connectivity index is 3.52. The molecule has 0 unspecified atom stereocenters. The number of rotatable bonds is 6. The van der Waals surface area contributed by atoms with Crippen LogP contribution in [0.4, 0.5) is 0 Å². The summed E-state index contributed by atoms with van der Waals surface area (Å²) < 4.78 is 0. The van der Waals surface area contributed by atoms with E-state index >= 15 is 0 Å². The number of unbranched alkanes of at least 4 members (excludes halogenated alkanes) is 2. The van der Waals surface area contributed by atoms with Crippen molar-refractivity contribution in [1.29, 1.82) is 0 Å². The molecule has 0 heterocycles. The zero-order chi connectivity index (χ0) is 8.69. The molecule has 0 bridgehead atoms. The first-order valence-corrected chi connectivity index (χ1v) is 3.82. The van der Waals surface area contributed by atoms with Crippen LogP contribution in [-0.2, 0) is 9.59 Å². The van der Waals surface area contributed by atoms with Gasteiger partial charge in [0.05, 0.1) is 5.57 Å². The maximum atomic E-state index is 10.9. The number of allylic oxidation sites excluding steroid dienone is 1. The number of carbonyl (C=O) groups is 1. The number of hydrogen-bond donors (Lipinski definition) is 0. The van der Waals surface area contributed by atoms with E-state index < -0.39 is 0 Å². The van der Waals surface area contributed by atoms with Crippen LogP contribution in [0.25, 0.3) is 0 Å². The normalized spacial score (nSPS) is 9.18. The van der Waals surface area contributed by atoms with Gasteiger partial charge < -0.3 is 0 Å². The van der Waals surface area contributed by atoms with Gasteiger partial charge in [-0.15, -0.1) is 0 Å². The minimum atomic E-state index is -0.173. The van der Waals surface area contributed by atoms with Gasteiger partial charge in [0.1, 0.15) is 0 Å². The molecule has 0 saturated heterocycles. The van der Waals surface area contributed by atoms with Crippen LogP contribution in [0, 0.1) is 0 Å². The van der Waals surface area contributed by atoms with Gasteiger partial charge in [-0.05, 0) is 6.42 Å². The summed E-state index contributed by atoms with van der Waals surface area (Å²) in [7, 11) is 0. The molecule has 0 atom stereocenters. The molecule has 0 aromatic rings. The summed E-state index contributed by atoms with van der Waals surface area (Å²) in [5.41, 5.74) is -0.0268. The summed E-state index contributed by atoms with van der Waals surface area (Å²) >= 11 is 0. The Bertz CT molecular complexity index is 159. The van der Waals surface area contributed by atoms with Crippen LogP contribution in [0.2, 0.25) is 0 Å². The minimum Gasteiger partial charge on any atom is -0.294 e. The molecule has 0 aliphatic carbocycles. The van der Waals surface area contributed by atoms with E-state index in [-0.39, 0.29) is 11.4 Å². The largest absolute Gasteiger partial charge is 0.294 e. The predicted molar refractivity (Wildman–Crippen MR) is 44.0 cm³/mol.